The van der Waals surface area contributed by atoms with Crippen molar-refractivity contribution < 1.29 is 17.6 Å². The first-order valence-electron chi connectivity index (χ1n) is 9.84. The van der Waals surface area contributed by atoms with Gasteiger partial charge in [-0.25, -0.2) is 23.4 Å². The predicted molar refractivity (Wildman–Crippen MR) is 111 cm³/mol. The Labute approximate surface area is 177 Å². The molecule has 0 aromatic carbocycles. The minimum Gasteiger partial charge on any atom is -0.440 e. The van der Waals surface area contributed by atoms with E-state index in [-0.39, 0.29) is 10.8 Å². The number of H-pyrrole nitrogens is 1. The maximum Gasteiger partial charge on any atom is 0.219 e. The van der Waals surface area contributed by atoms with Crippen molar-refractivity contribution in [1.29, 1.82) is 0 Å². The van der Waals surface area contributed by atoms with E-state index in [9.17, 15) is 13.2 Å². The number of aromatic amines is 1. The standard InChI is InChI=1S/C20H20N6O4S/c1-13(27)25-5-3-15(4-6-25)31(28,29)16-8-14-2-7-26(20(14)23-9-16)18-11-22-19(24-18)17-10-21-12-30-17/h2,7-12,15H,3-6H2,1H3,(H,22,24). The third-order valence-corrected chi connectivity index (χ3v) is 7.87. The van der Waals surface area contributed by atoms with Crippen LogP contribution in [-0.4, -0.2) is 62.1 Å². The van der Waals surface area contributed by atoms with Crippen molar-refractivity contribution >= 4 is 26.8 Å². The van der Waals surface area contributed by atoms with Gasteiger partial charge in [-0.2, -0.15) is 0 Å². The average Bonchev–Trinajstić information content (AvgIpc) is 3.52. The first-order chi connectivity index (χ1) is 14.9. The Bertz CT molecular complexity index is 1350. The molecule has 1 aliphatic rings. The number of likely N-dealkylation sites (tertiary alicyclic amines) is 1. The Kier molecular flexibility index (Phi) is 4.62. The lowest BCUT2D eigenvalue weighted by Crippen LogP contribution is -2.41. The third kappa shape index (κ3) is 3.40. The van der Waals surface area contributed by atoms with Crippen LogP contribution in [0, 0.1) is 0 Å². The number of fused-ring (bicyclic) bond motifs is 1. The number of aromatic nitrogens is 5. The van der Waals surface area contributed by atoms with Crippen LogP contribution in [0.2, 0.25) is 0 Å². The molecule has 1 aliphatic heterocycles. The van der Waals surface area contributed by atoms with Gasteiger partial charge in [-0.1, -0.05) is 0 Å². The normalized spacial score (nSPS) is 15.6. The van der Waals surface area contributed by atoms with Gasteiger partial charge < -0.3 is 14.3 Å². The molecule has 1 N–H and O–H groups in total. The number of amides is 1. The highest BCUT2D eigenvalue weighted by Gasteiger charge is 2.32. The summed E-state index contributed by atoms with van der Waals surface area (Å²) in [4.78, 5) is 29.1. The molecule has 10 nitrogen and oxygen atoms in total. The maximum atomic E-state index is 13.1. The zero-order valence-corrected chi connectivity index (χ0v) is 17.5. The lowest BCUT2D eigenvalue weighted by molar-refractivity contribution is -0.129. The number of pyridine rings is 1. The summed E-state index contributed by atoms with van der Waals surface area (Å²) in [6.07, 6.45) is 8.60. The van der Waals surface area contributed by atoms with Crippen molar-refractivity contribution in [2.45, 2.75) is 29.9 Å². The molecule has 0 atom stereocenters. The topological polar surface area (TPSA) is 127 Å². The summed E-state index contributed by atoms with van der Waals surface area (Å²) < 4.78 is 33.3. The van der Waals surface area contributed by atoms with Crippen LogP contribution in [0.3, 0.4) is 0 Å². The van der Waals surface area contributed by atoms with E-state index in [1.807, 2.05) is 6.07 Å². The van der Waals surface area contributed by atoms with Crippen LogP contribution >= 0.6 is 0 Å². The molecule has 1 saturated heterocycles. The highest BCUT2D eigenvalue weighted by molar-refractivity contribution is 7.92. The van der Waals surface area contributed by atoms with E-state index in [4.69, 9.17) is 4.42 Å². The van der Waals surface area contributed by atoms with E-state index < -0.39 is 15.1 Å². The van der Waals surface area contributed by atoms with Gasteiger partial charge in [-0.15, -0.1) is 0 Å². The molecule has 4 aromatic rings. The lowest BCUT2D eigenvalue weighted by atomic mass is 10.1. The number of nitrogens with one attached hydrogen (secondary N) is 1. The van der Waals surface area contributed by atoms with Gasteiger partial charge in [0.2, 0.25) is 5.91 Å². The molecule has 5 rings (SSSR count). The minimum absolute atomic E-state index is 0.0226. The second-order valence-electron chi connectivity index (χ2n) is 7.50. The molecule has 0 bridgehead atoms. The molecule has 0 saturated carbocycles. The van der Waals surface area contributed by atoms with Crippen LogP contribution in [0.1, 0.15) is 19.8 Å². The number of oxazole rings is 1. The Hall–Kier alpha value is -3.47. The van der Waals surface area contributed by atoms with Crippen LogP contribution in [0.5, 0.6) is 0 Å². The van der Waals surface area contributed by atoms with Crippen molar-refractivity contribution in [3.8, 4) is 17.4 Å². The van der Waals surface area contributed by atoms with Crippen LogP contribution in [0.4, 0.5) is 0 Å². The molecular formula is C20H20N6O4S. The van der Waals surface area contributed by atoms with Gasteiger partial charge in [0.05, 0.1) is 22.5 Å². The van der Waals surface area contributed by atoms with Crippen LogP contribution in [0.25, 0.3) is 28.4 Å². The van der Waals surface area contributed by atoms with E-state index in [0.29, 0.717) is 54.4 Å². The quantitative estimate of drug-likeness (QED) is 0.515. The Morgan fingerprint density at radius 2 is 2.00 bits per heavy atom. The second-order valence-corrected chi connectivity index (χ2v) is 9.73. The lowest BCUT2D eigenvalue weighted by Gasteiger charge is -2.30. The highest BCUT2D eigenvalue weighted by atomic mass is 32.2. The summed E-state index contributed by atoms with van der Waals surface area (Å²) >= 11 is 0. The number of hydrogen-bond donors (Lipinski definition) is 1. The highest BCUT2D eigenvalue weighted by Crippen LogP contribution is 2.28. The Balaban J connectivity index is 1.42. The molecule has 31 heavy (non-hydrogen) atoms. The molecule has 0 spiro atoms. The largest absolute Gasteiger partial charge is 0.440 e. The number of imidazole rings is 1. The number of sulfone groups is 1. The van der Waals surface area contributed by atoms with Gasteiger partial charge in [0.1, 0.15) is 11.5 Å². The smallest absolute Gasteiger partial charge is 0.219 e. The monoisotopic (exact) mass is 440 g/mol. The SMILES string of the molecule is CC(=O)N1CCC(S(=O)(=O)c2cnc3c(ccn3-c3cnc(-c4cnco4)[nH]3)c2)CC1. The zero-order valence-electron chi connectivity index (χ0n) is 16.7. The molecule has 4 aromatic heterocycles. The van der Waals surface area contributed by atoms with Crippen molar-refractivity contribution in [3.63, 3.8) is 0 Å². The van der Waals surface area contributed by atoms with Gasteiger partial charge >= 0.3 is 0 Å². The molecule has 0 unspecified atom stereocenters. The van der Waals surface area contributed by atoms with Crippen LogP contribution in [0.15, 0.2) is 52.6 Å². The first-order valence-corrected chi connectivity index (χ1v) is 11.4. The van der Waals surface area contributed by atoms with Gasteiger partial charge in [-0.3, -0.25) is 9.36 Å². The fourth-order valence-electron chi connectivity index (χ4n) is 3.92. The molecule has 0 aliphatic carbocycles. The van der Waals surface area contributed by atoms with E-state index in [2.05, 4.69) is 19.9 Å². The average molecular weight is 440 g/mol. The van der Waals surface area contributed by atoms with Gasteiger partial charge in [0.15, 0.2) is 27.8 Å². The van der Waals surface area contributed by atoms with E-state index in [0.717, 1.165) is 0 Å². The molecule has 0 radical (unpaired) electrons. The van der Waals surface area contributed by atoms with E-state index >= 15 is 0 Å². The van der Waals surface area contributed by atoms with Crippen molar-refractivity contribution in [2.24, 2.45) is 0 Å². The predicted octanol–water partition coefficient (Wildman–Crippen LogP) is 2.19. The first kappa shape index (κ1) is 19.5. The van der Waals surface area contributed by atoms with E-state index in [1.165, 1.54) is 19.5 Å². The Morgan fingerprint density at radius 3 is 2.71 bits per heavy atom. The Morgan fingerprint density at radius 1 is 1.19 bits per heavy atom. The number of nitrogens with zero attached hydrogens (tertiary/aromatic N) is 5. The van der Waals surface area contributed by atoms with E-state index in [1.54, 1.807) is 34.1 Å². The van der Waals surface area contributed by atoms with Crippen LogP contribution in [-0.2, 0) is 14.6 Å². The zero-order chi connectivity index (χ0) is 21.6. The summed E-state index contributed by atoms with van der Waals surface area (Å²) in [7, 11) is -3.53. The summed E-state index contributed by atoms with van der Waals surface area (Å²) in [6, 6.07) is 3.47. The summed E-state index contributed by atoms with van der Waals surface area (Å²) in [5.41, 5.74) is 0.609. The summed E-state index contributed by atoms with van der Waals surface area (Å²) in [6.45, 7) is 2.42. The van der Waals surface area contributed by atoms with Gasteiger partial charge in [0.25, 0.3) is 0 Å². The molecular weight excluding hydrogens is 420 g/mol. The van der Waals surface area contributed by atoms with Crippen molar-refractivity contribution in [1.82, 2.24) is 29.4 Å². The van der Waals surface area contributed by atoms with Gasteiger partial charge in [-0.05, 0) is 25.0 Å². The molecule has 11 heteroatoms. The fraction of sp³-hybridized carbons (Fsp3) is 0.300. The fourth-order valence-corrected chi connectivity index (χ4v) is 5.63. The van der Waals surface area contributed by atoms with Crippen LogP contribution < -0.4 is 0 Å². The maximum absolute atomic E-state index is 13.1. The molecule has 1 fully saturated rings. The number of hydrogen-bond acceptors (Lipinski definition) is 7. The van der Waals surface area contributed by atoms with Gasteiger partial charge in [0, 0.05) is 37.8 Å². The summed E-state index contributed by atoms with van der Waals surface area (Å²) in [5, 5.41) is 0.194. The number of piperidine rings is 1. The number of rotatable bonds is 4. The molecule has 160 valence electrons. The minimum atomic E-state index is -3.53. The summed E-state index contributed by atoms with van der Waals surface area (Å²) in [5.74, 6) is 1.69. The van der Waals surface area contributed by atoms with Crippen molar-refractivity contribution in [2.75, 3.05) is 13.1 Å². The number of carbonyl (C=O) groups is 1. The third-order valence-electron chi connectivity index (χ3n) is 5.64. The molecule has 5 heterocycles. The number of carbonyl (C=O) groups excluding carboxylic acids is 1. The molecule has 1 amide bonds. The second kappa shape index (κ2) is 7.34. The van der Waals surface area contributed by atoms with Crippen molar-refractivity contribution in [3.05, 3.63) is 43.3 Å².